The topological polar surface area (TPSA) is 42.7 Å². The molecule has 1 saturated heterocycles. The minimum Gasteiger partial charge on any atom is -0.465 e. The van der Waals surface area contributed by atoms with Crippen molar-refractivity contribution < 1.29 is 13.9 Å². The molecule has 1 fully saturated rings. The lowest BCUT2D eigenvalue weighted by Crippen LogP contribution is -2.28. The van der Waals surface area contributed by atoms with Crippen molar-refractivity contribution in [2.75, 3.05) is 20.2 Å². The van der Waals surface area contributed by atoms with Gasteiger partial charge < -0.3 is 14.1 Å². The van der Waals surface area contributed by atoms with Crippen molar-refractivity contribution in [2.45, 2.75) is 12.5 Å². The van der Waals surface area contributed by atoms with Crippen molar-refractivity contribution in [1.29, 1.82) is 0 Å². The fourth-order valence-electron chi connectivity index (χ4n) is 1.77. The van der Waals surface area contributed by atoms with Crippen LogP contribution in [-0.2, 0) is 9.53 Å². The normalized spacial score (nSPS) is 20.8. The fourth-order valence-corrected chi connectivity index (χ4v) is 1.77. The third-order valence-electron chi connectivity index (χ3n) is 2.72. The van der Waals surface area contributed by atoms with E-state index < -0.39 is 0 Å². The van der Waals surface area contributed by atoms with E-state index in [1.54, 1.807) is 30.4 Å². The zero-order chi connectivity index (χ0) is 11.4. The van der Waals surface area contributed by atoms with Crippen LogP contribution in [0.4, 0.5) is 0 Å². The van der Waals surface area contributed by atoms with Gasteiger partial charge in [0.25, 0.3) is 0 Å². The number of hydrogen-bond acceptors (Lipinski definition) is 3. The van der Waals surface area contributed by atoms with Gasteiger partial charge in [0.15, 0.2) is 0 Å². The van der Waals surface area contributed by atoms with E-state index in [9.17, 15) is 4.79 Å². The highest BCUT2D eigenvalue weighted by molar-refractivity contribution is 5.91. The smallest absolute Gasteiger partial charge is 0.246 e. The minimum atomic E-state index is 0.0101. The van der Waals surface area contributed by atoms with Crippen LogP contribution in [0.25, 0.3) is 6.08 Å². The molecule has 0 aliphatic carbocycles. The van der Waals surface area contributed by atoms with Crippen LogP contribution in [0, 0.1) is 0 Å². The standard InChI is InChI=1S/C12H15NO3/c1-15-11-6-7-13(9-11)12(14)5-4-10-3-2-8-16-10/h2-5,8,11H,6-7,9H2,1H3/b5-4+. The predicted octanol–water partition coefficient (Wildman–Crippen LogP) is 1.54. The number of likely N-dealkylation sites (tertiary alicyclic amines) is 1. The summed E-state index contributed by atoms with van der Waals surface area (Å²) in [6, 6.07) is 3.60. The van der Waals surface area contributed by atoms with Gasteiger partial charge in [-0.1, -0.05) is 0 Å². The summed E-state index contributed by atoms with van der Waals surface area (Å²) in [6.07, 6.45) is 5.90. The Kier molecular flexibility index (Phi) is 3.41. The second-order valence-electron chi connectivity index (χ2n) is 3.78. The number of methoxy groups -OCH3 is 1. The molecule has 2 heterocycles. The van der Waals surface area contributed by atoms with Crippen molar-refractivity contribution in [3.8, 4) is 0 Å². The summed E-state index contributed by atoms with van der Waals surface area (Å²) >= 11 is 0. The lowest BCUT2D eigenvalue weighted by Gasteiger charge is -2.13. The van der Waals surface area contributed by atoms with Crippen molar-refractivity contribution in [3.63, 3.8) is 0 Å². The van der Waals surface area contributed by atoms with Gasteiger partial charge in [0, 0.05) is 26.3 Å². The molecule has 1 unspecified atom stereocenters. The number of carbonyl (C=O) groups is 1. The van der Waals surface area contributed by atoms with E-state index in [0.29, 0.717) is 12.3 Å². The quantitative estimate of drug-likeness (QED) is 0.727. The number of nitrogens with zero attached hydrogens (tertiary/aromatic N) is 1. The van der Waals surface area contributed by atoms with Crippen LogP contribution in [0.1, 0.15) is 12.2 Å². The van der Waals surface area contributed by atoms with Crippen LogP contribution in [0.5, 0.6) is 0 Å². The first kappa shape index (κ1) is 11.0. The van der Waals surface area contributed by atoms with Gasteiger partial charge in [-0.2, -0.15) is 0 Å². The van der Waals surface area contributed by atoms with E-state index in [1.165, 1.54) is 6.08 Å². The van der Waals surface area contributed by atoms with E-state index in [0.717, 1.165) is 13.0 Å². The molecule has 1 aromatic heterocycles. The third-order valence-corrected chi connectivity index (χ3v) is 2.72. The van der Waals surface area contributed by atoms with E-state index >= 15 is 0 Å². The van der Waals surface area contributed by atoms with Gasteiger partial charge in [-0.05, 0) is 24.6 Å². The average Bonchev–Trinajstić information content (AvgIpc) is 2.96. The molecule has 86 valence electrons. The summed E-state index contributed by atoms with van der Waals surface area (Å²) in [6.45, 7) is 1.44. The second kappa shape index (κ2) is 4.99. The maximum absolute atomic E-state index is 11.7. The summed E-state index contributed by atoms with van der Waals surface area (Å²) in [5.41, 5.74) is 0. The van der Waals surface area contributed by atoms with Gasteiger partial charge in [-0.3, -0.25) is 4.79 Å². The predicted molar refractivity (Wildman–Crippen MR) is 59.7 cm³/mol. The summed E-state index contributed by atoms with van der Waals surface area (Å²) in [4.78, 5) is 13.5. The fraction of sp³-hybridized carbons (Fsp3) is 0.417. The molecule has 1 atom stereocenters. The Hall–Kier alpha value is -1.55. The molecule has 16 heavy (non-hydrogen) atoms. The summed E-state index contributed by atoms with van der Waals surface area (Å²) in [7, 11) is 1.68. The van der Waals surface area contributed by atoms with Gasteiger partial charge in [0.05, 0.1) is 12.4 Å². The Bertz CT molecular complexity index is 370. The molecule has 1 aliphatic heterocycles. The lowest BCUT2D eigenvalue weighted by atomic mass is 10.3. The first-order valence-electron chi connectivity index (χ1n) is 5.33. The monoisotopic (exact) mass is 221 g/mol. The van der Waals surface area contributed by atoms with Gasteiger partial charge in [0.2, 0.25) is 5.91 Å². The molecule has 0 N–H and O–H groups in total. The summed E-state index contributed by atoms with van der Waals surface area (Å²) in [5.74, 6) is 0.701. The molecule has 1 aromatic rings. The van der Waals surface area contributed by atoms with Crippen LogP contribution in [0.2, 0.25) is 0 Å². The Morgan fingerprint density at radius 2 is 2.56 bits per heavy atom. The van der Waals surface area contributed by atoms with Gasteiger partial charge >= 0.3 is 0 Å². The number of furan rings is 1. The van der Waals surface area contributed by atoms with Crippen molar-refractivity contribution in [1.82, 2.24) is 4.90 Å². The van der Waals surface area contributed by atoms with Crippen LogP contribution in [0.15, 0.2) is 28.9 Å². The van der Waals surface area contributed by atoms with Gasteiger partial charge in [-0.25, -0.2) is 0 Å². The zero-order valence-electron chi connectivity index (χ0n) is 9.26. The van der Waals surface area contributed by atoms with Gasteiger partial charge in [0.1, 0.15) is 5.76 Å². The molecule has 1 amide bonds. The van der Waals surface area contributed by atoms with E-state index in [4.69, 9.17) is 9.15 Å². The minimum absolute atomic E-state index is 0.0101. The van der Waals surface area contributed by atoms with Crippen molar-refractivity contribution in [3.05, 3.63) is 30.2 Å². The molecule has 0 saturated carbocycles. The summed E-state index contributed by atoms with van der Waals surface area (Å²) < 4.78 is 10.3. The maximum atomic E-state index is 11.7. The Labute approximate surface area is 94.5 Å². The Morgan fingerprint density at radius 3 is 3.19 bits per heavy atom. The largest absolute Gasteiger partial charge is 0.465 e. The number of ether oxygens (including phenoxy) is 1. The lowest BCUT2D eigenvalue weighted by molar-refractivity contribution is -0.125. The molecule has 4 heteroatoms. The highest BCUT2D eigenvalue weighted by Gasteiger charge is 2.24. The first-order valence-corrected chi connectivity index (χ1v) is 5.33. The highest BCUT2D eigenvalue weighted by Crippen LogP contribution is 2.12. The van der Waals surface area contributed by atoms with E-state index in [2.05, 4.69) is 0 Å². The Balaban J connectivity index is 1.89. The molecular formula is C12H15NO3. The molecular weight excluding hydrogens is 206 g/mol. The van der Waals surface area contributed by atoms with Crippen molar-refractivity contribution in [2.24, 2.45) is 0 Å². The molecule has 0 bridgehead atoms. The van der Waals surface area contributed by atoms with Crippen molar-refractivity contribution >= 4 is 12.0 Å². The van der Waals surface area contributed by atoms with Crippen LogP contribution in [-0.4, -0.2) is 37.1 Å². The van der Waals surface area contributed by atoms with E-state index in [-0.39, 0.29) is 12.0 Å². The Morgan fingerprint density at radius 1 is 1.69 bits per heavy atom. The SMILES string of the molecule is COC1CCN(C(=O)/C=C/c2ccco2)C1. The highest BCUT2D eigenvalue weighted by atomic mass is 16.5. The van der Waals surface area contributed by atoms with Crippen LogP contribution >= 0.6 is 0 Å². The molecule has 0 aromatic carbocycles. The molecule has 0 spiro atoms. The van der Waals surface area contributed by atoms with Gasteiger partial charge in [-0.15, -0.1) is 0 Å². The summed E-state index contributed by atoms with van der Waals surface area (Å²) in [5, 5.41) is 0. The number of rotatable bonds is 3. The second-order valence-corrected chi connectivity index (χ2v) is 3.78. The van der Waals surface area contributed by atoms with Crippen LogP contribution in [0.3, 0.4) is 0 Å². The number of hydrogen-bond donors (Lipinski definition) is 0. The molecule has 2 rings (SSSR count). The van der Waals surface area contributed by atoms with Crippen LogP contribution < -0.4 is 0 Å². The van der Waals surface area contributed by atoms with E-state index in [1.807, 2.05) is 6.07 Å². The third kappa shape index (κ3) is 2.52. The number of carbonyl (C=O) groups excluding carboxylic acids is 1. The molecule has 0 radical (unpaired) electrons. The molecule has 4 nitrogen and oxygen atoms in total. The number of amides is 1. The first-order chi connectivity index (χ1) is 7.79. The maximum Gasteiger partial charge on any atom is 0.246 e. The zero-order valence-corrected chi connectivity index (χ0v) is 9.26. The molecule has 1 aliphatic rings. The average molecular weight is 221 g/mol.